The van der Waals surface area contributed by atoms with Crippen molar-refractivity contribution in [3.8, 4) is 12.1 Å². The van der Waals surface area contributed by atoms with Crippen molar-refractivity contribution < 1.29 is 8.95 Å². The summed E-state index contributed by atoms with van der Waals surface area (Å²) >= 11 is 0. The molecule has 5 heteroatoms. The third-order valence-electron chi connectivity index (χ3n) is 3.84. The molecule has 0 saturated carbocycles. The van der Waals surface area contributed by atoms with E-state index in [0.29, 0.717) is 0 Å². The Kier molecular flexibility index (Phi) is 3.17. The molecule has 0 N–H and O–H groups in total. The number of hydrogen-bond donors (Lipinski definition) is 0. The monoisotopic (exact) mass is 292 g/mol. The molecule has 2 aliphatic rings. The van der Waals surface area contributed by atoms with Crippen molar-refractivity contribution in [2.75, 3.05) is 0 Å². The smallest absolute Gasteiger partial charge is 0.261 e. The fourth-order valence-corrected chi connectivity index (χ4v) is 5.49. The summed E-state index contributed by atoms with van der Waals surface area (Å²) in [7, 11) is -1.36. The molecular weight excluding hydrogens is 272 g/mol. The van der Waals surface area contributed by atoms with Gasteiger partial charge in [0.25, 0.3) is 5.60 Å². The van der Waals surface area contributed by atoms with Gasteiger partial charge in [-0.25, -0.2) is 0 Å². The quantitative estimate of drug-likeness (QED) is 0.643. The zero-order chi connectivity index (χ0) is 15.5. The molecule has 2 rings (SSSR count). The van der Waals surface area contributed by atoms with Crippen molar-refractivity contribution >= 4 is 10.8 Å². The summed E-state index contributed by atoms with van der Waals surface area (Å²) in [5.41, 5.74) is -0.729. The summed E-state index contributed by atoms with van der Waals surface area (Å²) in [6, 6.07) is 3.90. The first-order chi connectivity index (χ1) is 8.99. The van der Waals surface area contributed by atoms with E-state index < -0.39 is 27.1 Å². The summed E-state index contributed by atoms with van der Waals surface area (Å²) < 4.78 is 18.3. The molecule has 3 atom stereocenters. The molecular formula is C15H20N2O2S. The van der Waals surface area contributed by atoms with Gasteiger partial charge in [-0.3, -0.25) is 4.21 Å². The van der Waals surface area contributed by atoms with E-state index in [-0.39, 0.29) is 10.8 Å². The minimum Gasteiger partial charge on any atom is -0.325 e. The Labute approximate surface area is 122 Å². The third-order valence-corrected chi connectivity index (χ3v) is 5.63. The number of fused-ring (bicyclic) bond motifs is 2. The highest BCUT2D eigenvalue weighted by Crippen LogP contribution is 2.56. The van der Waals surface area contributed by atoms with Gasteiger partial charge in [-0.05, 0) is 22.0 Å². The van der Waals surface area contributed by atoms with Crippen LogP contribution in [0.1, 0.15) is 41.5 Å². The van der Waals surface area contributed by atoms with Gasteiger partial charge in [-0.2, -0.15) is 10.5 Å². The van der Waals surface area contributed by atoms with Crippen molar-refractivity contribution in [3.63, 3.8) is 0 Å². The number of nitrogens with zero attached hydrogens (tertiary/aromatic N) is 2. The highest BCUT2D eigenvalue weighted by Gasteiger charge is 2.65. The van der Waals surface area contributed by atoms with Crippen molar-refractivity contribution in [2.45, 2.75) is 57.8 Å². The Morgan fingerprint density at radius 1 is 1.05 bits per heavy atom. The Balaban J connectivity index is 2.75. The van der Waals surface area contributed by atoms with Crippen LogP contribution in [0, 0.1) is 33.5 Å². The molecule has 0 aliphatic carbocycles. The van der Waals surface area contributed by atoms with Gasteiger partial charge >= 0.3 is 0 Å². The van der Waals surface area contributed by atoms with E-state index >= 15 is 0 Å². The van der Waals surface area contributed by atoms with Crippen LogP contribution in [-0.4, -0.2) is 20.5 Å². The molecule has 2 bridgehead atoms. The van der Waals surface area contributed by atoms with E-state index in [4.69, 9.17) is 4.74 Å². The lowest BCUT2D eigenvalue weighted by Crippen LogP contribution is -2.45. The first-order valence-corrected chi connectivity index (χ1v) is 7.92. The number of rotatable bonds is 0. The second-order valence-electron chi connectivity index (χ2n) is 7.44. The van der Waals surface area contributed by atoms with Gasteiger partial charge < -0.3 is 4.74 Å². The molecule has 2 heterocycles. The minimum atomic E-state index is -1.60. The zero-order valence-corrected chi connectivity index (χ0v) is 13.6. The van der Waals surface area contributed by atoms with Gasteiger partial charge in [0, 0.05) is 0 Å². The number of hydrogen-bond acceptors (Lipinski definition) is 4. The molecule has 0 aromatic carbocycles. The summed E-state index contributed by atoms with van der Waals surface area (Å²) in [5.74, 6) is 0. The predicted octanol–water partition coefficient (Wildman–Crippen LogP) is 2.65. The summed E-state index contributed by atoms with van der Waals surface area (Å²) in [4.78, 5) is 0. The van der Waals surface area contributed by atoms with Crippen molar-refractivity contribution in [1.82, 2.24) is 0 Å². The first kappa shape index (κ1) is 15.2. The molecule has 108 valence electrons. The maximum absolute atomic E-state index is 12.7. The average Bonchev–Trinajstić information content (AvgIpc) is 2.76. The summed E-state index contributed by atoms with van der Waals surface area (Å²) in [6.07, 6.45) is 0. The van der Waals surface area contributed by atoms with E-state index in [2.05, 4.69) is 20.8 Å². The van der Waals surface area contributed by atoms with Crippen molar-refractivity contribution in [2.24, 2.45) is 10.8 Å². The molecule has 0 radical (unpaired) electrons. The van der Waals surface area contributed by atoms with Crippen LogP contribution in [0.15, 0.2) is 11.1 Å². The first-order valence-electron chi connectivity index (χ1n) is 6.64. The number of ether oxygens (including phenoxy) is 1. The average molecular weight is 292 g/mol. The molecule has 0 spiro atoms. The minimum absolute atomic E-state index is 0.200. The molecule has 4 nitrogen and oxygen atoms in total. The maximum Gasteiger partial charge on any atom is 0.261 e. The lowest BCUT2D eigenvalue weighted by molar-refractivity contribution is 0.0345. The van der Waals surface area contributed by atoms with Crippen LogP contribution < -0.4 is 0 Å². The molecule has 2 aliphatic heterocycles. The second kappa shape index (κ2) is 4.16. The molecule has 1 fully saturated rings. The van der Waals surface area contributed by atoms with Gasteiger partial charge in [-0.1, -0.05) is 41.5 Å². The molecule has 0 amide bonds. The zero-order valence-electron chi connectivity index (χ0n) is 12.8. The van der Waals surface area contributed by atoms with Crippen LogP contribution in [0.2, 0.25) is 0 Å². The Bertz CT molecular complexity index is 579. The molecule has 0 aromatic heterocycles. The van der Waals surface area contributed by atoms with E-state index in [1.54, 1.807) is 0 Å². The fourth-order valence-electron chi connectivity index (χ4n) is 3.08. The lowest BCUT2D eigenvalue weighted by atomic mass is 9.70. The highest BCUT2D eigenvalue weighted by molar-refractivity contribution is 7.87. The summed E-state index contributed by atoms with van der Waals surface area (Å²) in [6.45, 7) is 12.3. The van der Waals surface area contributed by atoms with Crippen molar-refractivity contribution in [3.05, 3.63) is 11.1 Å². The van der Waals surface area contributed by atoms with Gasteiger partial charge in [0.05, 0.1) is 10.8 Å². The van der Waals surface area contributed by atoms with Crippen LogP contribution in [0.25, 0.3) is 0 Å². The Morgan fingerprint density at radius 2 is 1.50 bits per heavy atom. The molecule has 20 heavy (non-hydrogen) atoms. The normalized spacial score (nSPS) is 32.1. The van der Waals surface area contributed by atoms with Gasteiger partial charge in [0.15, 0.2) is 5.44 Å². The van der Waals surface area contributed by atoms with Crippen LogP contribution in [0.3, 0.4) is 0 Å². The Morgan fingerprint density at radius 3 is 1.85 bits per heavy atom. The molecule has 1 saturated heterocycles. The maximum atomic E-state index is 12.7. The fraction of sp³-hybridized carbons (Fsp3) is 0.733. The lowest BCUT2D eigenvalue weighted by Gasteiger charge is -2.38. The highest BCUT2D eigenvalue weighted by atomic mass is 32.2. The van der Waals surface area contributed by atoms with Crippen LogP contribution in [0.5, 0.6) is 0 Å². The topological polar surface area (TPSA) is 73.9 Å². The van der Waals surface area contributed by atoms with Gasteiger partial charge in [0.2, 0.25) is 0 Å². The third kappa shape index (κ3) is 1.84. The SMILES string of the molecule is CC(C)(C)C1=C(C(C)(C)C)C2S(=O)C1OC2(C#N)C#N. The van der Waals surface area contributed by atoms with Crippen LogP contribution >= 0.6 is 0 Å². The van der Waals surface area contributed by atoms with Crippen molar-refractivity contribution in [1.29, 1.82) is 10.5 Å². The van der Waals surface area contributed by atoms with Crippen LogP contribution in [0.4, 0.5) is 0 Å². The number of nitriles is 2. The van der Waals surface area contributed by atoms with Gasteiger partial charge in [0.1, 0.15) is 17.4 Å². The van der Waals surface area contributed by atoms with E-state index in [9.17, 15) is 14.7 Å². The summed E-state index contributed by atoms with van der Waals surface area (Å²) in [5, 5.41) is 18.1. The predicted molar refractivity (Wildman–Crippen MR) is 76.7 cm³/mol. The largest absolute Gasteiger partial charge is 0.325 e. The molecule has 0 aromatic rings. The Hall–Kier alpha value is -1.17. The van der Waals surface area contributed by atoms with Crippen LogP contribution in [-0.2, 0) is 15.5 Å². The molecule has 3 unspecified atom stereocenters. The standard InChI is InChI=1S/C15H20N2O2S/c1-13(2,3)9-10(14(4,5)6)12-19-15(7-16,8-17)11(9)20(12)18/h11-12H,1-6H3. The van der Waals surface area contributed by atoms with Gasteiger partial charge in [-0.15, -0.1) is 0 Å². The second-order valence-corrected chi connectivity index (χ2v) is 9.00. The van der Waals surface area contributed by atoms with E-state index in [1.165, 1.54) is 0 Å². The van der Waals surface area contributed by atoms with E-state index in [0.717, 1.165) is 11.1 Å². The van der Waals surface area contributed by atoms with E-state index in [1.807, 2.05) is 32.9 Å².